The first-order valence-corrected chi connectivity index (χ1v) is 6.73. The Kier molecular flexibility index (Phi) is 5.64. The van der Waals surface area contributed by atoms with Crippen molar-refractivity contribution in [3.05, 3.63) is 34.1 Å². The normalized spacial score (nSPS) is 12.8. The smallest absolute Gasteiger partial charge is 0.124 e. The van der Waals surface area contributed by atoms with E-state index in [1.807, 2.05) is 17.8 Å². The summed E-state index contributed by atoms with van der Waals surface area (Å²) in [5, 5.41) is 0.548. The number of thioether (sulfide) groups is 1. The summed E-state index contributed by atoms with van der Waals surface area (Å²) in [4.78, 5) is 0. The maximum absolute atomic E-state index is 12.8. The predicted molar refractivity (Wildman–Crippen MR) is 68.5 cm³/mol. The Hall–Kier alpha value is -0.0600. The van der Waals surface area contributed by atoms with Crippen molar-refractivity contribution in [1.29, 1.82) is 0 Å². The molecular formula is C11H15BrFNS. The summed E-state index contributed by atoms with van der Waals surface area (Å²) < 4.78 is 13.7. The van der Waals surface area contributed by atoms with Crippen LogP contribution in [0.1, 0.15) is 18.9 Å². The zero-order valence-electron chi connectivity index (χ0n) is 8.67. The Morgan fingerprint density at radius 2 is 2.27 bits per heavy atom. The molecule has 0 radical (unpaired) electrons. The van der Waals surface area contributed by atoms with Gasteiger partial charge in [-0.25, -0.2) is 4.39 Å². The van der Waals surface area contributed by atoms with Crippen LogP contribution in [0.3, 0.4) is 0 Å². The van der Waals surface area contributed by atoms with Crippen molar-refractivity contribution >= 4 is 27.7 Å². The first-order chi connectivity index (χ1) is 7.13. The van der Waals surface area contributed by atoms with Crippen LogP contribution < -0.4 is 5.73 Å². The summed E-state index contributed by atoms with van der Waals surface area (Å²) in [6.45, 7) is 2.88. The first-order valence-electron chi connectivity index (χ1n) is 4.89. The van der Waals surface area contributed by atoms with Gasteiger partial charge in [0.15, 0.2) is 0 Å². The van der Waals surface area contributed by atoms with Gasteiger partial charge in [-0.15, -0.1) is 0 Å². The van der Waals surface area contributed by atoms with Gasteiger partial charge in [-0.1, -0.05) is 28.9 Å². The van der Waals surface area contributed by atoms with Crippen LogP contribution in [0.4, 0.5) is 4.39 Å². The van der Waals surface area contributed by atoms with Gasteiger partial charge in [0.2, 0.25) is 0 Å². The molecule has 1 aromatic rings. The third-order valence-electron chi connectivity index (χ3n) is 2.11. The van der Waals surface area contributed by atoms with Gasteiger partial charge in [0, 0.05) is 15.5 Å². The van der Waals surface area contributed by atoms with Crippen LogP contribution in [0, 0.1) is 5.82 Å². The molecule has 1 rings (SSSR count). The number of nitrogens with two attached hydrogens (primary N) is 1. The standard InChI is InChI=1S/C11H15BrFNS/c1-8(4-5-14)15-7-9-2-3-10(13)6-11(9)12/h2-3,6,8H,4-5,7,14H2,1H3. The van der Waals surface area contributed by atoms with Gasteiger partial charge < -0.3 is 5.73 Å². The fourth-order valence-electron chi connectivity index (χ4n) is 1.19. The van der Waals surface area contributed by atoms with Crippen LogP contribution in [0.5, 0.6) is 0 Å². The van der Waals surface area contributed by atoms with Gasteiger partial charge in [-0.05, 0) is 30.7 Å². The molecule has 0 aromatic heterocycles. The zero-order valence-corrected chi connectivity index (χ0v) is 11.1. The molecule has 0 aliphatic carbocycles. The van der Waals surface area contributed by atoms with E-state index in [-0.39, 0.29) is 5.82 Å². The second-order valence-corrected chi connectivity index (χ2v) is 5.72. The minimum Gasteiger partial charge on any atom is -0.330 e. The summed E-state index contributed by atoms with van der Waals surface area (Å²) in [5.41, 5.74) is 6.61. The third kappa shape index (κ3) is 4.53. The molecule has 2 N–H and O–H groups in total. The lowest BCUT2D eigenvalue weighted by Crippen LogP contribution is -2.07. The van der Waals surface area contributed by atoms with E-state index in [1.165, 1.54) is 12.1 Å². The molecule has 15 heavy (non-hydrogen) atoms. The number of rotatable bonds is 5. The number of hydrogen-bond donors (Lipinski definition) is 1. The SMILES string of the molecule is CC(CCN)SCc1ccc(F)cc1Br. The molecule has 0 fully saturated rings. The number of hydrogen-bond acceptors (Lipinski definition) is 2. The quantitative estimate of drug-likeness (QED) is 0.898. The highest BCUT2D eigenvalue weighted by atomic mass is 79.9. The maximum atomic E-state index is 12.8. The van der Waals surface area contributed by atoms with E-state index in [0.29, 0.717) is 5.25 Å². The van der Waals surface area contributed by atoms with Crippen molar-refractivity contribution in [2.24, 2.45) is 5.73 Å². The summed E-state index contributed by atoms with van der Waals surface area (Å²) in [5.74, 6) is 0.688. The van der Waals surface area contributed by atoms with Crippen molar-refractivity contribution in [2.45, 2.75) is 24.3 Å². The van der Waals surface area contributed by atoms with E-state index < -0.39 is 0 Å². The summed E-state index contributed by atoms with van der Waals surface area (Å²) >= 11 is 5.20. The molecule has 1 unspecified atom stereocenters. The lowest BCUT2D eigenvalue weighted by Gasteiger charge is -2.10. The summed E-state index contributed by atoms with van der Waals surface area (Å²) in [7, 11) is 0. The molecule has 4 heteroatoms. The Balaban J connectivity index is 2.50. The summed E-state index contributed by atoms with van der Waals surface area (Å²) in [6.07, 6.45) is 1.02. The van der Waals surface area contributed by atoms with Crippen molar-refractivity contribution < 1.29 is 4.39 Å². The third-order valence-corrected chi connectivity index (χ3v) is 4.13. The molecule has 1 atom stereocenters. The molecule has 1 nitrogen and oxygen atoms in total. The minimum atomic E-state index is -0.203. The molecule has 84 valence electrons. The highest BCUT2D eigenvalue weighted by Gasteiger charge is 2.05. The van der Waals surface area contributed by atoms with Gasteiger partial charge >= 0.3 is 0 Å². The monoisotopic (exact) mass is 291 g/mol. The van der Waals surface area contributed by atoms with E-state index in [0.717, 1.165) is 28.8 Å². The van der Waals surface area contributed by atoms with Crippen LogP contribution in [0.2, 0.25) is 0 Å². The average molecular weight is 292 g/mol. The van der Waals surface area contributed by atoms with Crippen LogP contribution >= 0.6 is 27.7 Å². The van der Waals surface area contributed by atoms with E-state index >= 15 is 0 Å². The second kappa shape index (κ2) is 6.51. The Bertz CT molecular complexity index is 319. The van der Waals surface area contributed by atoms with Crippen LogP contribution in [-0.4, -0.2) is 11.8 Å². The van der Waals surface area contributed by atoms with Gasteiger partial charge in [0.05, 0.1) is 0 Å². The van der Waals surface area contributed by atoms with E-state index in [4.69, 9.17) is 5.73 Å². The average Bonchev–Trinajstić information content (AvgIpc) is 2.17. The Morgan fingerprint density at radius 1 is 1.53 bits per heavy atom. The molecule has 0 heterocycles. The van der Waals surface area contributed by atoms with Crippen molar-refractivity contribution in [3.63, 3.8) is 0 Å². The highest BCUT2D eigenvalue weighted by molar-refractivity contribution is 9.10. The number of halogens is 2. The van der Waals surface area contributed by atoms with E-state index in [1.54, 1.807) is 0 Å². The van der Waals surface area contributed by atoms with E-state index in [9.17, 15) is 4.39 Å². The fraction of sp³-hybridized carbons (Fsp3) is 0.455. The molecule has 0 amide bonds. The fourth-order valence-corrected chi connectivity index (χ4v) is 2.88. The molecule has 0 aliphatic rings. The van der Waals surface area contributed by atoms with Crippen molar-refractivity contribution in [1.82, 2.24) is 0 Å². The van der Waals surface area contributed by atoms with Crippen molar-refractivity contribution in [3.8, 4) is 0 Å². The molecule has 0 saturated heterocycles. The topological polar surface area (TPSA) is 26.0 Å². The predicted octanol–water partition coefficient (Wildman–Crippen LogP) is 3.56. The van der Waals surface area contributed by atoms with Gasteiger partial charge in [0.1, 0.15) is 5.82 Å². The van der Waals surface area contributed by atoms with Crippen molar-refractivity contribution in [2.75, 3.05) is 6.54 Å². The molecule has 0 saturated carbocycles. The molecule has 0 bridgehead atoms. The first kappa shape index (κ1) is 13.0. The van der Waals surface area contributed by atoms with Gasteiger partial charge in [0.25, 0.3) is 0 Å². The lowest BCUT2D eigenvalue weighted by atomic mass is 10.2. The number of benzene rings is 1. The Labute approximate surface area is 103 Å². The minimum absolute atomic E-state index is 0.203. The van der Waals surface area contributed by atoms with Crippen LogP contribution in [-0.2, 0) is 5.75 Å². The maximum Gasteiger partial charge on any atom is 0.124 e. The Morgan fingerprint density at radius 3 is 2.87 bits per heavy atom. The van der Waals surface area contributed by atoms with Crippen LogP contribution in [0.15, 0.2) is 22.7 Å². The molecule has 0 aliphatic heterocycles. The molecular weight excluding hydrogens is 277 g/mol. The van der Waals surface area contributed by atoms with Crippen LogP contribution in [0.25, 0.3) is 0 Å². The zero-order chi connectivity index (χ0) is 11.3. The van der Waals surface area contributed by atoms with Gasteiger partial charge in [-0.2, -0.15) is 11.8 Å². The summed E-state index contributed by atoms with van der Waals surface area (Å²) in [6, 6.07) is 4.82. The molecule has 1 aromatic carbocycles. The largest absolute Gasteiger partial charge is 0.330 e. The highest BCUT2D eigenvalue weighted by Crippen LogP contribution is 2.25. The lowest BCUT2D eigenvalue weighted by molar-refractivity contribution is 0.626. The van der Waals surface area contributed by atoms with Gasteiger partial charge in [-0.3, -0.25) is 0 Å². The second-order valence-electron chi connectivity index (χ2n) is 3.43. The van der Waals surface area contributed by atoms with E-state index in [2.05, 4.69) is 22.9 Å². The molecule has 0 spiro atoms.